The van der Waals surface area contributed by atoms with Crippen molar-refractivity contribution in [3.63, 3.8) is 0 Å². The van der Waals surface area contributed by atoms with E-state index in [0.717, 1.165) is 22.3 Å². The molecular weight excluding hydrogens is 444 g/mol. The molecule has 2 amide bonds. The molecule has 35 heavy (non-hydrogen) atoms. The third-order valence-electron chi connectivity index (χ3n) is 6.26. The highest BCUT2D eigenvalue weighted by Gasteiger charge is 2.30. The Morgan fingerprint density at radius 3 is 2.00 bits per heavy atom. The summed E-state index contributed by atoms with van der Waals surface area (Å²) in [5, 5.41) is 14.5. The smallest absolute Gasteiger partial charge is 0.408 e. The van der Waals surface area contributed by atoms with Crippen LogP contribution in [0, 0.1) is 0 Å². The van der Waals surface area contributed by atoms with E-state index in [1.807, 2.05) is 42.5 Å². The van der Waals surface area contributed by atoms with Crippen molar-refractivity contribution in [2.75, 3.05) is 6.61 Å². The number of ether oxygens (including phenoxy) is 1. The van der Waals surface area contributed by atoms with Gasteiger partial charge in [0.15, 0.2) is 0 Å². The first-order valence-electron chi connectivity index (χ1n) is 11.7. The standard InChI is InChI=1S/C28H28N2O5/c1-2-19(16-25(31)32)29-27(33)26(18-10-4-3-5-11-18)30-28(34)35-17-24-22-14-8-6-12-20(22)21-13-7-9-15-23(21)24/h3-15,19,24,26H,2,16-17H2,1H3,(H,29,33)(H,30,34)(H,31,32)/t19-,26?/m0/s1. The average Bonchev–Trinajstić information content (AvgIpc) is 3.19. The molecule has 7 nitrogen and oxygen atoms in total. The molecule has 4 rings (SSSR count). The molecule has 0 aliphatic heterocycles. The summed E-state index contributed by atoms with van der Waals surface area (Å²) < 4.78 is 5.61. The fourth-order valence-electron chi connectivity index (χ4n) is 4.50. The van der Waals surface area contributed by atoms with Crippen molar-refractivity contribution < 1.29 is 24.2 Å². The number of amides is 2. The minimum Gasteiger partial charge on any atom is -0.481 e. The number of carbonyl (C=O) groups excluding carboxylic acids is 2. The first-order chi connectivity index (χ1) is 17.0. The van der Waals surface area contributed by atoms with Crippen molar-refractivity contribution in [1.82, 2.24) is 10.6 Å². The van der Waals surface area contributed by atoms with Gasteiger partial charge in [0.1, 0.15) is 12.6 Å². The molecule has 0 saturated carbocycles. The van der Waals surface area contributed by atoms with Gasteiger partial charge in [0.2, 0.25) is 5.91 Å². The second-order valence-corrected chi connectivity index (χ2v) is 8.53. The maximum absolute atomic E-state index is 13.0. The van der Waals surface area contributed by atoms with Crippen molar-refractivity contribution in [3.05, 3.63) is 95.6 Å². The van der Waals surface area contributed by atoms with Crippen molar-refractivity contribution in [2.45, 2.75) is 37.8 Å². The number of benzene rings is 3. The molecule has 0 bridgehead atoms. The lowest BCUT2D eigenvalue weighted by Gasteiger charge is -2.23. The maximum Gasteiger partial charge on any atom is 0.408 e. The van der Waals surface area contributed by atoms with Gasteiger partial charge in [0.05, 0.1) is 6.42 Å². The molecule has 3 N–H and O–H groups in total. The highest BCUT2D eigenvalue weighted by molar-refractivity contribution is 5.87. The molecule has 2 atom stereocenters. The van der Waals surface area contributed by atoms with Crippen LogP contribution in [0.25, 0.3) is 11.1 Å². The summed E-state index contributed by atoms with van der Waals surface area (Å²) in [4.78, 5) is 37.0. The SMILES string of the molecule is CC[C@@H](CC(=O)O)NC(=O)C(NC(=O)OCC1c2ccccc2-c2ccccc21)c1ccccc1. The fraction of sp³-hybridized carbons (Fsp3) is 0.250. The second-order valence-electron chi connectivity index (χ2n) is 8.53. The van der Waals surface area contributed by atoms with Gasteiger partial charge < -0.3 is 20.5 Å². The van der Waals surface area contributed by atoms with Gasteiger partial charge in [-0.2, -0.15) is 0 Å². The van der Waals surface area contributed by atoms with Crippen LogP contribution in [0.4, 0.5) is 4.79 Å². The topological polar surface area (TPSA) is 105 Å². The number of nitrogens with one attached hydrogen (secondary N) is 2. The number of aliphatic carboxylic acids is 1. The summed E-state index contributed by atoms with van der Waals surface area (Å²) >= 11 is 0. The van der Waals surface area contributed by atoms with Crippen LogP contribution < -0.4 is 10.6 Å². The lowest BCUT2D eigenvalue weighted by atomic mass is 9.98. The highest BCUT2D eigenvalue weighted by Crippen LogP contribution is 2.44. The van der Waals surface area contributed by atoms with Crippen molar-refractivity contribution in [1.29, 1.82) is 0 Å². The average molecular weight is 473 g/mol. The molecule has 3 aromatic carbocycles. The van der Waals surface area contributed by atoms with E-state index in [1.165, 1.54) is 0 Å². The molecule has 3 aromatic rings. The third-order valence-corrected chi connectivity index (χ3v) is 6.26. The number of fused-ring (bicyclic) bond motifs is 3. The van der Waals surface area contributed by atoms with E-state index in [1.54, 1.807) is 31.2 Å². The highest BCUT2D eigenvalue weighted by atomic mass is 16.5. The zero-order valence-electron chi connectivity index (χ0n) is 19.4. The first kappa shape index (κ1) is 24.0. The number of carboxylic acid groups (broad SMARTS) is 1. The largest absolute Gasteiger partial charge is 0.481 e. The molecule has 180 valence electrons. The molecule has 0 fully saturated rings. The van der Waals surface area contributed by atoms with Crippen molar-refractivity contribution in [3.8, 4) is 11.1 Å². The van der Waals surface area contributed by atoms with Crippen LogP contribution in [-0.2, 0) is 14.3 Å². The molecule has 0 saturated heterocycles. The Balaban J connectivity index is 1.47. The molecule has 1 aliphatic rings. The summed E-state index contributed by atoms with van der Waals surface area (Å²) in [6.45, 7) is 1.92. The molecule has 0 radical (unpaired) electrons. The Morgan fingerprint density at radius 2 is 1.43 bits per heavy atom. The molecule has 0 spiro atoms. The molecule has 1 aliphatic carbocycles. The van der Waals surface area contributed by atoms with E-state index in [-0.39, 0.29) is 18.9 Å². The molecule has 7 heteroatoms. The normalized spacial score (nSPS) is 13.7. The van der Waals surface area contributed by atoms with Crippen LogP contribution in [0.5, 0.6) is 0 Å². The minimum absolute atomic E-state index is 0.0998. The van der Waals surface area contributed by atoms with E-state index >= 15 is 0 Å². The predicted molar refractivity (Wildman–Crippen MR) is 132 cm³/mol. The number of rotatable bonds is 9. The van der Waals surface area contributed by atoms with Gasteiger partial charge in [-0.3, -0.25) is 9.59 Å². The van der Waals surface area contributed by atoms with Crippen LogP contribution in [-0.4, -0.2) is 35.7 Å². The van der Waals surface area contributed by atoms with Crippen molar-refractivity contribution >= 4 is 18.0 Å². The van der Waals surface area contributed by atoms with Gasteiger partial charge in [-0.15, -0.1) is 0 Å². The van der Waals surface area contributed by atoms with Crippen LogP contribution in [0.2, 0.25) is 0 Å². The summed E-state index contributed by atoms with van der Waals surface area (Å²) in [7, 11) is 0. The van der Waals surface area contributed by atoms with Gasteiger partial charge in [0.25, 0.3) is 0 Å². The Hall–Kier alpha value is -4.13. The Bertz CT molecular complexity index is 1170. The van der Waals surface area contributed by atoms with E-state index in [9.17, 15) is 14.4 Å². The molecular formula is C28H28N2O5. The van der Waals surface area contributed by atoms with E-state index in [0.29, 0.717) is 12.0 Å². The van der Waals surface area contributed by atoms with E-state index < -0.39 is 30.1 Å². The zero-order valence-corrected chi connectivity index (χ0v) is 19.4. The van der Waals surface area contributed by atoms with Crippen LogP contribution in [0.1, 0.15) is 48.4 Å². The summed E-state index contributed by atoms with van der Waals surface area (Å²) in [5.74, 6) is -1.59. The summed E-state index contributed by atoms with van der Waals surface area (Å²) in [6.07, 6.45) is -0.471. The second kappa shape index (κ2) is 10.9. The summed E-state index contributed by atoms with van der Waals surface area (Å²) in [6, 6.07) is 23.3. The van der Waals surface area contributed by atoms with Crippen LogP contribution in [0.15, 0.2) is 78.9 Å². The number of alkyl carbamates (subject to hydrolysis) is 1. The lowest BCUT2D eigenvalue weighted by Crippen LogP contribution is -2.45. The van der Waals surface area contributed by atoms with Crippen LogP contribution in [0.3, 0.4) is 0 Å². The Morgan fingerprint density at radius 1 is 0.857 bits per heavy atom. The number of hydrogen-bond donors (Lipinski definition) is 3. The van der Waals surface area contributed by atoms with Gasteiger partial charge >= 0.3 is 12.1 Å². The fourth-order valence-corrected chi connectivity index (χ4v) is 4.50. The monoisotopic (exact) mass is 472 g/mol. The molecule has 0 aromatic heterocycles. The van der Waals surface area contributed by atoms with Gasteiger partial charge in [-0.25, -0.2) is 4.79 Å². The minimum atomic E-state index is -1.02. The third kappa shape index (κ3) is 5.51. The van der Waals surface area contributed by atoms with Crippen molar-refractivity contribution in [2.24, 2.45) is 0 Å². The Labute approximate surface area is 204 Å². The quantitative estimate of drug-likeness (QED) is 0.421. The van der Waals surface area contributed by atoms with Gasteiger partial charge in [-0.1, -0.05) is 85.8 Å². The molecule has 0 heterocycles. The van der Waals surface area contributed by atoms with Crippen LogP contribution >= 0.6 is 0 Å². The first-order valence-corrected chi connectivity index (χ1v) is 11.7. The lowest BCUT2D eigenvalue weighted by molar-refractivity contribution is -0.137. The zero-order chi connectivity index (χ0) is 24.8. The molecule has 1 unspecified atom stereocenters. The summed E-state index contributed by atoms with van der Waals surface area (Å²) in [5.41, 5.74) is 5.02. The number of carbonyl (C=O) groups is 3. The number of hydrogen-bond acceptors (Lipinski definition) is 4. The van der Waals surface area contributed by atoms with E-state index in [4.69, 9.17) is 9.84 Å². The predicted octanol–water partition coefficient (Wildman–Crippen LogP) is 4.64. The maximum atomic E-state index is 13.0. The Kier molecular flexibility index (Phi) is 7.45. The van der Waals surface area contributed by atoms with Gasteiger partial charge in [0, 0.05) is 12.0 Å². The van der Waals surface area contributed by atoms with Gasteiger partial charge in [-0.05, 0) is 34.2 Å². The number of carboxylic acids is 1. The van der Waals surface area contributed by atoms with E-state index in [2.05, 4.69) is 22.8 Å².